The van der Waals surface area contributed by atoms with Crippen molar-refractivity contribution >= 4 is 40.4 Å². The fourth-order valence-corrected chi connectivity index (χ4v) is 3.21. The van der Waals surface area contributed by atoms with E-state index in [0.717, 1.165) is 10.4 Å². The molecule has 0 bridgehead atoms. The number of aromatic nitrogens is 2. The van der Waals surface area contributed by atoms with E-state index in [0.29, 0.717) is 15.6 Å². The molecule has 23 heavy (non-hydrogen) atoms. The minimum absolute atomic E-state index is 0.218. The van der Waals surface area contributed by atoms with Gasteiger partial charge in [-0.3, -0.25) is 0 Å². The van der Waals surface area contributed by atoms with E-state index >= 15 is 0 Å². The number of halogens is 1. The molecule has 0 spiro atoms. The summed E-state index contributed by atoms with van der Waals surface area (Å²) in [6.07, 6.45) is 0. The van der Waals surface area contributed by atoms with Crippen molar-refractivity contribution in [1.29, 1.82) is 0 Å². The maximum atomic E-state index is 12.2. The molecule has 3 aromatic rings. The van der Waals surface area contributed by atoms with E-state index in [2.05, 4.69) is 9.97 Å². The Labute approximate surface area is 142 Å². The zero-order valence-corrected chi connectivity index (χ0v) is 13.9. The van der Waals surface area contributed by atoms with Gasteiger partial charge < -0.3 is 4.74 Å². The predicted octanol–water partition coefficient (Wildman–Crippen LogP) is 4.61. The van der Waals surface area contributed by atoms with E-state index in [1.807, 2.05) is 42.5 Å². The monoisotopic (exact) mass is 344 g/mol. The second-order valence-electron chi connectivity index (χ2n) is 4.65. The van der Waals surface area contributed by atoms with Crippen molar-refractivity contribution in [3.63, 3.8) is 0 Å². The first kappa shape index (κ1) is 15.8. The minimum atomic E-state index is -0.477. The van der Waals surface area contributed by atoms with Gasteiger partial charge in [0.2, 0.25) is 0 Å². The largest absolute Gasteiger partial charge is 0.461 e. The zero-order valence-electron chi connectivity index (χ0n) is 12.3. The number of ether oxygens (including phenoxy) is 1. The highest BCUT2D eigenvalue weighted by molar-refractivity contribution is 7.99. The first-order valence-electron chi connectivity index (χ1n) is 7.04. The van der Waals surface area contributed by atoms with Crippen LogP contribution in [0, 0.1) is 0 Å². The summed E-state index contributed by atoms with van der Waals surface area (Å²) in [4.78, 5) is 22.1. The Morgan fingerprint density at radius 2 is 1.87 bits per heavy atom. The number of hydrogen-bond acceptors (Lipinski definition) is 5. The van der Waals surface area contributed by atoms with Gasteiger partial charge in [-0.05, 0) is 37.3 Å². The standard InChI is InChI=1S/C17H13ClN2O2S/c1-2-22-17(21)15-16(23-12-7-5-6-11(18)10-12)20-14-9-4-3-8-13(14)19-15/h3-10H,2H2,1H3. The lowest BCUT2D eigenvalue weighted by atomic mass is 10.3. The van der Waals surface area contributed by atoms with Gasteiger partial charge in [0.25, 0.3) is 0 Å². The Hall–Kier alpha value is -2.11. The van der Waals surface area contributed by atoms with Gasteiger partial charge in [-0.25, -0.2) is 14.8 Å². The van der Waals surface area contributed by atoms with E-state index < -0.39 is 5.97 Å². The number of nitrogens with zero attached hydrogens (tertiary/aromatic N) is 2. The molecule has 1 heterocycles. The van der Waals surface area contributed by atoms with Gasteiger partial charge in [0.05, 0.1) is 17.6 Å². The van der Waals surface area contributed by atoms with Crippen LogP contribution in [0.1, 0.15) is 17.4 Å². The van der Waals surface area contributed by atoms with E-state index in [-0.39, 0.29) is 12.3 Å². The van der Waals surface area contributed by atoms with Crippen molar-refractivity contribution in [2.45, 2.75) is 16.8 Å². The van der Waals surface area contributed by atoms with Gasteiger partial charge in [-0.1, -0.05) is 41.6 Å². The van der Waals surface area contributed by atoms with Gasteiger partial charge in [0, 0.05) is 9.92 Å². The Morgan fingerprint density at radius 1 is 1.13 bits per heavy atom. The summed E-state index contributed by atoms with van der Waals surface area (Å²) in [5, 5.41) is 1.13. The van der Waals surface area contributed by atoms with Gasteiger partial charge >= 0.3 is 5.97 Å². The molecule has 0 N–H and O–H groups in total. The van der Waals surface area contributed by atoms with Crippen LogP contribution in [0.5, 0.6) is 0 Å². The lowest BCUT2D eigenvalue weighted by Crippen LogP contribution is -2.10. The third kappa shape index (κ3) is 3.63. The topological polar surface area (TPSA) is 52.1 Å². The van der Waals surface area contributed by atoms with Crippen LogP contribution in [0.25, 0.3) is 11.0 Å². The lowest BCUT2D eigenvalue weighted by Gasteiger charge is -2.09. The molecule has 0 saturated carbocycles. The summed E-state index contributed by atoms with van der Waals surface area (Å²) in [5.74, 6) is -0.477. The highest BCUT2D eigenvalue weighted by Crippen LogP contribution is 2.31. The number of carbonyl (C=O) groups excluding carboxylic acids is 1. The quantitative estimate of drug-likeness (QED) is 0.647. The summed E-state index contributed by atoms with van der Waals surface area (Å²) in [5.41, 5.74) is 1.60. The first-order valence-corrected chi connectivity index (χ1v) is 8.24. The Morgan fingerprint density at radius 3 is 2.57 bits per heavy atom. The van der Waals surface area contributed by atoms with Gasteiger partial charge in [0.15, 0.2) is 5.69 Å². The number of rotatable bonds is 4. The molecule has 6 heteroatoms. The first-order chi connectivity index (χ1) is 11.2. The van der Waals surface area contributed by atoms with Gasteiger partial charge in [-0.15, -0.1) is 0 Å². The van der Waals surface area contributed by atoms with Gasteiger partial charge in [0.1, 0.15) is 5.03 Å². The summed E-state index contributed by atoms with van der Waals surface area (Å²) in [7, 11) is 0. The van der Waals surface area contributed by atoms with Crippen LogP contribution in [-0.2, 0) is 4.74 Å². The summed E-state index contributed by atoms with van der Waals surface area (Å²) < 4.78 is 5.10. The van der Waals surface area contributed by atoms with E-state index in [4.69, 9.17) is 16.3 Å². The van der Waals surface area contributed by atoms with Crippen molar-refractivity contribution in [2.75, 3.05) is 6.61 Å². The highest BCUT2D eigenvalue weighted by atomic mass is 35.5. The van der Waals surface area contributed by atoms with E-state index in [1.165, 1.54) is 11.8 Å². The normalized spacial score (nSPS) is 10.7. The molecule has 116 valence electrons. The molecule has 0 unspecified atom stereocenters. The second-order valence-corrected chi connectivity index (χ2v) is 6.14. The van der Waals surface area contributed by atoms with Crippen LogP contribution in [0.4, 0.5) is 0 Å². The maximum absolute atomic E-state index is 12.2. The summed E-state index contributed by atoms with van der Waals surface area (Å²) in [6, 6.07) is 14.8. The van der Waals surface area contributed by atoms with E-state index in [9.17, 15) is 4.79 Å². The number of carbonyl (C=O) groups is 1. The average molecular weight is 345 g/mol. The van der Waals surface area contributed by atoms with Crippen molar-refractivity contribution in [3.05, 3.63) is 59.2 Å². The van der Waals surface area contributed by atoms with Crippen molar-refractivity contribution in [2.24, 2.45) is 0 Å². The van der Waals surface area contributed by atoms with Crippen molar-refractivity contribution in [1.82, 2.24) is 9.97 Å². The maximum Gasteiger partial charge on any atom is 0.359 e. The molecular weight excluding hydrogens is 332 g/mol. The summed E-state index contributed by atoms with van der Waals surface area (Å²) in [6.45, 7) is 2.05. The van der Waals surface area contributed by atoms with Crippen LogP contribution in [0.3, 0.4) is 0 Å². The Balaban J connectivity index is 2.08. The number of benzene rings is 2. The van der Waals surface area contributed by atoms with Crippen molar-refractivity contribution < 1.29 is 9.53 Å². The number of para-hydroxylation sites is 2. The molecule has 0 fully saturated rings. The molecule has 4 nitrogen and oxygen atoms in total. The van der Waals surface area contributed by atoms with Crippen LogP contribution in [-0.4, -0.2) is 22.5 Å². The summed E-state index contributed by atoms with van der Waals surface area (Å²) >= 11 is 7.36. The van der Waals surface area contributed by atoms with Crippen molar-refractivity contribution in [3.8, 4) is 0 Å². The number of esters is 1. The molecule has 0 aliphatic rings. The third-order valence-corrected chi connectivity index (χ3v) is 4.22. The molecule has 0 atom stereocenters. The number of hydrogen-bond donors (Lipinski definition) is 0. The van der Waals surface area contributed by atoms with Gasteiger partial charge in [-0.2, -0.15) is 0 Å². The number of fused-ring (bicyclic) bond motifs is 1. The molecule has 0 aliphatic carbocycles. The lowest BCUT2D eigenvalue weighted by molar-refractivity contribution is 0.0514. The van der Waals surface area contributed by atoms with Crippen LogP contribution >= 0.6 is 23.4 Å². The molecular formula is C17H13ClN2O2S. The minimum Gasteiger partial charge on any atom is -0.461 e. The molecule has 0 radical (unpaired) electrons. The molecule has 0 amide bonds. The Bertz CT molecular complexity index is 870. The fourth-order valence-electron chi connectivity index (χ4n) is 2.03. The zero-order chi connectivity index (χ0) is 16.2. The van der Waals surface area contributed by atoms with Crippen LogP contribution < -0.4 is 0 Å². The molecule has 0 saturated heterocycles. The third-order valence-electron chi connectivity index (χ3n) is 3.02. The SMILES string of the molecule is CCOC(=O)c1nc2ccccc2nc1Sc1cccc(Cl)c1. The van der Waals surface area contributed by atoms with Crippen LogP contribution in [0.15, 0.2) is 58.5 Å². The van der Waals surface area contributed by atoms with E-state index in [1.54, 1.807) is 13.0 Å². The highest BCUT2D eigenvalue weighted by Gasteiger charge is 2.18. The molecule has 1 aromatic heterocycles. The fraction of sp³-hybridized carbons (Fsp3) is 0.118. The second kappa shape index (κ2) is 6.98. The molecule has 3 rings (SSSR count). The average Bonchev–Trinajstić information content (AvgIpc) is 2.54. The Kier molecular flexibility index (Phi) is 4.79. The molecule has 2 aromatic carbocycles. The van der Waals surface area contributed by atoms with Crippen LogP contribution in [0.2, 0.25) is 5.02 Å². The predicted molar refractivity (Wildman–Crippen MR) is 91.1 cm³/mol. The molecule has 0 aliphatic heterocycles. The smallest absolute Gasteiger partial charge is 0.359 e.